The second-order valence-corrected chi connectivity index (χ2v) is 8.09. The second kappa shape index (κ2) is 6.29. The minimum Gasteiger partial charge on any atom is -0.507 e. The zero-order valence-electron chi connectivity index (χ0n) is 14.6. The molecule has 3 aromatic rings. The molecule has 136 valence electrons. The Morgan fingerprint density at radius 3 is 2.93 bits per heavy atom. The highest BCUT2D eigenvalue weighted by Gasteiger charge is 2.41. The summed E-state index contributed by atoms with van der Waals surface area (Å²) in [6.45, 7) is 2.01. The summed E-state index contributed by atoms with van der Waals surface area (Å²) in [5.41, 5.74) is 4.82. The summed E-state index contributed by atoms with van der Waals surface area (Å²) in [7, 11) is 0. The van der Waals surface area contributed by atoms with Crippen molar-refractivity contribution in [1.29, 1.82) is 0 Å². The molecule has 27 heavy (non-hydrogen) atoms. The molecule has 0 radical (unpaired) electrons. The van der Waals surface area contributed by atoms with Gasteiger partial charge in [-0.05, 0) is 54.1 Å². The summed E-state index contributed by atoms with van der Waals surface area (Å²) < 4.78 is 6.29. The summed E-state index contributed by atoms with van der Waals surface area (Å²) in [5, 5.41) is 22.0. The molecular formula is C21H17ClN2O2S. The Hall–Kier alpha value is -2.50. The molecule has 4 nitrogen and oxygen atoms in total. The molecule has 0 fully saturated rings. The van der Waals surface area contributed by atoms with Crippen molar-refractivity contribution < 1.29 is 9.84 Å². The minimum absolute atomic E-state index is 0.0206. The number of ether oxygens (including phenoxy) is 1. The number of aromatic hydroxyl groups is 1. The third-order valence-electron chi connectivity index (χ3n) is 5.04. The first-order valence-electron chi connectivity index (χ1n) is 8.74. The lowest BCUT2D eigenvalue weighted by Crippen LogP contribution is -2.33. The fraction of sp³-hybridized carbons (Fsp3) is 0.190. The quantitative estimate of drug-likeness (QED) is 0.608. The van der Waals surface area contributed by atoms with Gasteiger partial charge in [0, 0.05) is 28.1 Å². The number of aryl methyl sites for hydroxylation is 1. The van der Waals surface area contributed by atoms with Gasteiger partial charge in [-0.15, -0.1) is 0 Å². The number of nitrogens with zero attached hydrogens (tertiary/aromatic N) is 2. The predicted molar refractivity (Wildman–Crippen MR) is 108 cm³/mol. The molecule has 0 bridgehead atoms. The second-order valence-electron chi connectivity index (χ2n) is 6.88. The van der Waals surface area contributed by atoms with E-state index in [-0.39, 0.29) is 18.0 Å². The molecule has 2 aromatic carbocycles. The van der Waals surface area contributed by atoms with Crippen LogP contribution in [-0.2, 0) is 0 Å². The number of phenols is 1. The molecule has 0 aliphatic carbocycles. The standard InChI is InChI=1S/C21H17ClN2O2S/c1-12-2-4-19(25)15(8-12)17-10-18-16-9-14(22)3-5-20(16)26-21(24(18)23-17)13-6-7-27-11-13/h2-9,11,18,21,25H,10H2,1H3/t18-,21+/m0/s1. The maximum atomic E-state index is 10.4. The van der Waals surface area contributed by atoms with Crippen molar-refractivity contribution in [2.24, 2.45) is 5.10 Å². The highest BCUT2D eigenvalue weighted by Crippen LogP contribution is 2.48. The maximum Gasteiger partial charge on any atom is 0.214 e. The Bertz CT molecular complexity index is 1050. The van der Waals surface area contributed by atoms with Crippen LogP contribution in [0.2, 0.25) is 5.02 Å². The Morgan fingerprint density at radius 2 is 2.11 bits per heavy atom. The third-order valence-corrected chi connectivity index (χ3v) is 5.98. The smallest absolute Gasteiger partial charge is 0.214 e. The number of thiophene rings is 1. The van der Waals surface area contributed by atoms with E-state index < -0.39 is 0 Å². The Balaban J connectivity index is 1.63. The molecule has 0 amide bonds. The predicted octanol–water partition coefficient (Wildman–Crippen LogP) is 5.66. The minimum atomic E-state index is -0.292. The van der Waals surface area contributed by atoms with Crippen LogP contribution in [0.3, 0.4) is 0 Å². The summed E-state index contributed by atoms with van der Waals surface area (Å²) in [5.74, 6) is 1.08. The maximum absolute atomic E-state index is 10.4. The van der Waals surface area contributed by atoms with Crippen LogP contribution in [-0.4, -0.2) is 15.8 Å². The van der Waals surface area contributed by atoms with Crippen molar-refractivity contribution in [1.82, 2.24) is 5.01 Å². The first-order valence-corrected chi connectivity index (χ1v) is 10.1. The van der Waals surface area contributed by atoms with Gasteiger partial charge < -0.3 is 9.84 Å². The van der Waals surface area contributed by atoms with Gasteiger partial charge in [0.2, 0.25) is 6.23 Å². The van der Waals surface area contributed by atoms with E-state index in [1.165, 1.54) is 0 Å². The van der Waals surface area contributed by atoms with E-state index in [0.717, 1.165) is 33.7 Å². The number of hydrogen-bond donors (Lipinski definition) is 1. The van der Waals surface area contributed by atoms with Crippen LogP contribution in [0.25, 0.3) is 0 Å². The molecule has 2 aliphatic rings. The number of halogens is 1. The highest BCUT2D eigenvalue weighted by molar-refractivity contribution is 7.07. The van der Waals surface area contributed by atoms with E-state index in [2.05, 4.69) is 11.4 Å². The van der Waals surface area contributed by atoms with Crippen molar-refractivity contribution in [2.75, 3.05) is 0 Å². The topological polar surface area (TPSA) is 45.1 Å². The van der Waals surface area contributed by atoms with Crippen molar-refractivity contribution in [3.63, 3.8) is 0 Å². The van der Waals surface area contributed by atoms with Crippen LogP contribution in [0, 0.1) is 6.92 Å². The lowest BCUT2D eigenvalue weighted by Gasteiger charge is -2.37. The lowest BCUT2D eigenvalue weighted by molar-refractivity contribution is -0.0187. The molecule has 0 saturated heterocycles. The zero-order valence-corrected chi connectivity index (χ0v) is 16.2. The molecule has 1 aromatic heterocycles. The van der Waals surface area contributed by atoms with Gasteiger partial charge in [0.25, 0.3) is 0 Å². The molecule has 0 unspecified atom stereocenters. The van der Waals surface area contributed by atoms with Gasteiger partial charge in [0.15, 0.2) is 0 Å². The Labute approximate surface area is 166 Å². The Kier molecular flexibility index (Phi) is 3.88. The number of phenolic OH excluding ortho intramolecular Hbond substituents is 1. The van der Waals surface area contributed by atoms with Crippen LogP contribution in [0.5, 0.6) is 11.5 Å². The number of fused-ring (bicyclic) bond motifs is 3. The fourth-order valence-corrected chi connectivity index (χ4v) is 4.58. The SMILES string of the molecule is Cc1ccc(O)c(C2=NN3[C@@H](c4ccsc4)Oc4ccc(Cl)cc4[C@@H]3C2)c1. The normalized spacial score (nSPS) is 20.7. The van der Waals surface area contributed by atoms with Crippen LogP contribution >= 0.6 is 22.9 Å². The average molecular weight is 397 g/mol. The fourth-order valence-electron chi connectivity index (χ4n) is 3.74. The van der Waals surface area contributed by atoms with Crippen LogP contribution in [0.1, 0.15) is 40.9 Å². The molecule has 0 saturated carbocycles. The largest absolute Gasteiger partial charge is 0.507 e. The van der Waals surface area contributed by atoms with E-state index in [4.69, 9.17) is 21.4 Å². The molecule has 6 heteroatoms. The zero-order chi connectivity index (χ0) is 18.5. The van der Waals surface area contributed by atoms with Crippen LogP contribution in [0.4, 0.5) is 0 Å². The van der Waals surface area contributed by atoms with Gasteiger partial charge in [-0.1, -0.05) is 23.2 Å². The lowest BCUT2D eigenvalue weighted by atomic mass is 9.95. The average Bonchev–Trinajstić information content (AvgIpc) is 3.33. The first-order chi connectivity index (χ1) is 13.1. The van der Waals surface area contributed by atoms with E-state index in [9.17, 15) is 5.11 Å². The van der Waals surface area contributed by atoms with E-state index in [1.807, 2.05) is 47.6 Å². The van der Waals surface area contributed by atoms with Crippen molar-refractivity contribution in [3.05, 3.63) is 80.5 Å². The monoisotopic (exact) mass is 396 g/mol. The molecular weight excluding hydrogens is 380 g/mol. The van der Waals surface area contributed by atoms with Gasteiger partial charge in [-0.3, -0.25) is 0 Å². The van der Waals surface area contributed by atoms with Gasteiger partial charge in [0.1, 0.15) is 11.5 Å². The summed E-state index contributed by atoms with van der Waals surface area (Å²) in [4.78, 5) is 0. The molecule has 1 N–H and O–H groups in total. The van der Waals surface area contributed by atoms with Gasteiger partial charge >= 0.3 is 0 Å². The van der Waals surface area contributed by atoms with E-state index in [1.54, 1.807) is 17.4 Å². The number of hydrogen-bond acceptors (Lipinski definition) is 5. The van der Waals surface area contributed by atoms with Gasteiger partial charge in [-0.2, -0.15) is 16.4 Å². The summed E-state index contributed by atoms with van der Waals surface area (Å²) in [6, 6.07) is 13.4. The molecule has 2 atom stereocenters. The third kappa shape index (κ3) is 2.78. The Morgan fingerprint density at radius 1 is 1.22 bits per heavy atom. The van der Waals surface area contributed by atoms with E-state index in [0.29, 0.717) is 11.4 Å². The number of hydrazone groups is 1. The van der Waals surface area contributed by atoms with Crippen molar-refractivity contribution in [3.8, 4) is 11.5 Å². The van der Waals surface area contributed by atoms with Crippen LogP contribution < -0.4 is 4.74 Å². The van der Waals surface area contributed by atoms with Gasteiger partial charge in [-0.25, -0.2) is 5.01 Å². The van der Waals surface area contributed by atoms with Crippen molar-refractivity contribution >= 4 is 28.6 Å². The summed E-state index contributed by atoms with van der Waals surface area (Å²) >= 11 is 7.89. The highest BCUT2D eigenvalue weighted by atomic mass is 35.5. The van der Waals surface area contributed by atoms with E-state index >= 15 is 0 Å². The van der Waals surface area contributed by atoms with Crippen molar-refractivity contribution in [2.45, 2.75) is 25.6 Å². The molecule has 2 aliphatic heterocycles. The number of benzene rings is 2. The molecule has 5 rings (SSSR count). The van der Waals surface area contributed by atoms with Gasteiger partial charge in [0.05, 0.1) is 11.8 Å². The number of rotatable bonds is 2. The molecule has 0 spiro atoms. The first kappa shape index (κ1) is 16.7. The van der Waals surface area contributed by atoms with Crippen LogP contribution in [0.15, 0.2) is 58.3 Å². The molecule has 3 heterocycles. The summed E-state index contributed by atoms with van der Waals surface area (Å²) in [6.07, 6.45) is 0.397.